The molecule has 0 aliphatic heterocycles. The molecule has 1 heterocycles. The van der Waals surface area contributed by atoms with Crippen LogP contribution in [0.3, 0.4) is 0 Å². The Balaban J connectivity index is 2.31. The Labute approximate surface area is 114 Å². The van der Waals surface area contributed by atoms with Crippen LogP contribution in [0.25, 0.3) is 0 Å². The molecule has 0 bridgehead atoms. The number of nitrogen functional groups attached to an aromatic ring is 1. The topological polar surface area (TPSA) is 101 Å². The number of nitrogens with one attached hydrogen (secondary N) is 2. The molecule has 6 nitrogen and oxygen atoms in total. The zero-order valence-electron chi connectivity index (χ0n) is 10.7. The van der Waals surface area contributed by atoms with E-state index in [2.05, 4.69) is 10.2 Å². The van der Waals surface area contributed by atoms with Crippen molar-refractivity contribution in [3.63, 3.8) is 0 Å². The molecule has 0 radical (unpaired) electrons. The second kappa shape index (κ2) is 5.31. The number of hydrogen-bond acceptors (Lipinski definition) is 4. The van der Waals surface area contributed by atoms with Gasteiger partial charge in [0, 0.05) is 17.0 Å². The number of aryl methyl sites for hydroxylation is 1. The van der Waals surface area contributed by atoms with E-state index >= 15 is 0 Å². The van der Waals surface area contributed by atoms with Crippen LogP contribution in [-0.4, -0.2) is 20.6 Å². The highest BCUT2D eigenvalue weighted by atomic mass is 32.2. The zero-order valence-corrected chi connectivity index (χ0v) is 11.5. The lowest BCUT2D eigenvalue weighted by Gasteiger charge is -2.07. The van der Waals surface area contributed by atoms with Gasteiger partial charge < -0.3 is 5.73 Å². The third-order valence-corrected chi connectivity index (χ3v) is 3.72. The van der Waals surface area contributed by atoms with Crippen LogP contribution in [-0.2, 0) is 6.54 Å². The van der Waals surface area contributed by atoms with Gasteiger partial charge in [-0.15, -0.1) is 5.10 Å². The highest BCUT2D eigenvalue weighted by Gasteiger charge is 2.09. The number of H-pyrrole nitrogens is 1. The van der Waals surface area contributed by atoms with Crippen LogP contribution in [0.15, 0.2) is 33.0 Å². The lowest BCUT2D eigenvalue weighted by molar-refractivity contribution is 0.660. The molecule has 0 fully saturated rings. The van der Waals surface area contributed by atoms with Crippen molar-refractivity contribution in [3.8, 4) is 0 Å². The van der Waals surface area contributed by atoms with Gasteiger partial charge in [0.25, 0.3) is 0 Å². The number of benzene rings is 1. The minimum Gasteiger partial charge on any atom is -0.384 e. The van der Waals surface area contributed by atoms with E-state index in [9.17, 15) is 4.79 Å². The highest BCUT2D eigenvalue weighted by molar-refractivity contribution is 7.99. The van der Waals surface area contributed by atoms with E-state index in [0.717, 1.165) is 16.0 Å². The molecule has 0 saturated carbocycles. The third-order valence-electron chi connectivity index (χ3n) is 2.74. The van der Waals surface area contributed by atoms with Gasteiger partial charge in [-0.3, -0.25) is 9.98 Å². The summed E-state index contributed by atoms with van der Waals surface area (Å²) < 4.78 is 1.57. The Morgan fingerprint density at radius 2 is 2.32 bits per heavy atom. The van der Waals surface area contributed by atoms with Gasteiger partial charge >= 0.3 is 5.69 Å². The van der Waals surface area contributed by atoms with Crippen LogP contribution < -0.4 is 11.4 Å². The average molecular weight is 277 g/mol. The van der Waals surface area contributed by atoms with Crippen molar-refractivity contribution < 1.29 is 0 Å². The molecule has 100 valence electrons. The number of hydrogen-bond donors (Lipinski definition) is 3. The Hall–Kier alpha value is -2.02. The molecule has 1 aromatic carbocycles. The van der Waals surface area contributed by atoms with Crippen LogP contribution in [0.5, 0.6) is 0 Å². The van der Waals surface area contributed by atoms with Gasteiger partial charge in [-0.2, -0.15) is 0 Å². The van der Waals surface area contributed by atoms with E-state index in [4.69, 9.17) is 11.1 Å². The maximum atomic E-state index is 11.5. The molecule has 0 unspecified atom stereocenters. The van der Waals surface area contributed by atoms with Gasteiger partial charge in [0.1, 0.15) is 5.84 Å². The summed E-state index contributed by atoms with van der Waals surface area (Å²) in [6, 6.07) is 5.61. The van der Waals surface area contributed by atoms with Gasteiger partial charge in [-0.05, 0) is 49.4 Å². The van der Waals surface area contributed by atoms with E-state index in [-0.39, 0.29) is 11.5 Å². The molecule has 0 aliphatic carbocycles. The number of aromatic amines is 1. The molecule has 1 aromatic heterocycles. The fourth-order valence-corrected chi connectivity index (χ4v) is 2.76. The maximum Gasteiger partial charge on any atom is 0.343 e. The van der Waals surface area contributed by atoms with Crippen LogP contribution in [0.1, 0.15) is 18.1 Å². The summed E-state index contributed by atoms with van der Waals surface area (Å²) in [6.07, 6.45) is 0. The maximum absolute atomic E-state index is 11.5. The third kappa shape index (κ3) is 2.70. The minimum absolute atomic E-state index is 0.0549. The lowest BCUT2D eigenvalue weighted by atomic mass is 10.1. The molecular weight excluding hydrogens is 262 g/mol. The summed E-state index contributed by atoms with van der Waals surface area (Å²) in [6.45, 7) is 4.37. The molecule has 4 N–H and O–H groups in total. The Morgan fingerprint density at radius 1 is 1.58 bits per heavy atom. The van der Waals surface area contributed by atoms with E-state index < -0.39 is 0 Å². The summed E-state index contributed by atoms with van der Waals surface area (Å²) in [7, 11) is 0. The molecule has 2 aromatic rings. The summed E-state index contributed by atoms with van der Waals surface area (Å²) in [4.78, 5) is 12.4. The van der Waals surface area contributed by atoms with Crippen molar-refractivity contribution in [2.24, 2.45) is 5.73 Å². The second-order valence-corrected chi connectivity index (χ2v) is 5.09. The lowest BCUT2D eigenvalue weighted by Crippen LogP contribution is -2.16. The first-order valence-corrected chi connectivity index (χ1v) is 6.62. The summed E-state index contributed by atoms with van der Waals surface area (Å²) in [5.41, 5.74) is 6.92. The van der Waals surface area contributed by atoms with Gasteiger partial charge in [-0.1, -0.05) is 0 Å². The summed E-state index contributed by atoms with van der Waals surface area (Å²) in [5.74, 6) is 0.0549. The fraction of sp³-hybridized carbons (Fsp3) is 0.250. The quantitative estimate of drug-likeness (QED) is 0.579. The minimum atomic E-state index is -0.206. The van der Waals surface area contributed by atoms with Crippen LogP contribution in [0.2, 0.25) is 0 Å². The van der Waals surface area contributed by atoms with Crippen molar-refractivity contribution >= 4 is 17.6 Å². The van der Waals surface area contributed by atoms with Crippen LogP contribution in [0.4, 0.5) is 0 Å². The van der Waals surface area contributed by atoms with Crippen molar-refractivity contribution in [1.82, 2.24) is 14.8 Å². The number of aromatic nitrogens is 3. The van der Waals surface area contributed by atoms with E-state index in [1.165, 1.54) is 11.8 Å². The first-order valence-electron chi connectivity index (χ1n) is 5.81. The normalized spacial score (nSPS) is 10.6. The predicted octanol–water partition coefficient (Wildman–Crippen LogP) is 1.33. The van der Waals surface area contributed by atoms with E-state index in [1.54, 1.807) is 10.6 Å². The molecule has 7 heteroatoms. The molecular formula is C12H15N5OS. The van der Waals surface area contributed by atoms with Crippen molar-refractivity contribution in [3.05, 3.63) is 39.8 Å². The molecule has 0 spiro atoms. The molecule has 0 saturated heterocycles. The molecule has 0 atom stereocenters. The first kappa shape index (κ1) is 13.4. The van der Waals surface area contributed by atoms with Crippen LogP contribution in [0, 0.1) is 12.3 Å². The Morgan fingerprint density at radius 3 is 2.89 bits per heavy atom. The van der Waals surface area contributed by atoms with Crippen molar-refractivity contribution in [2.75, 3.05) is 0 Å². The molecule has 0 aliphatic rings. The smallest absolute Gasteiger partial charge is 0.343 e. The Kier molecular flexibility index (Phi) is 3.75. The van der Waals surface area contributed by atoms with Crippen molar-refractivity contribution in [1.29, 1.82) is 5.41 Å². The van der Waals surface area contributed by atoms with Crippen LogP contribution >= 0.6 is 11.8 Å². The first-order chi connectivity index (χ1) is 9.02. The fourth-order valence-electron chi connectivity index (χ4n) is 1.77. The highest BCUT2D eigenvalue weighted by Crippen LogP contribution is 2.26. The Bertz CT molecular complexity index is 673. The average Bonchev–Trinajstić information content (AvgIpc) is 2.69. The standard InChI is InChI=1S/C12H15N5OS/c1-3-17-11(18)15-16-12(17)19-8-4-5-9(10(13)14)7(2)6-8/h4-6H,3H2,1-2H3,(H3,13,14)(H,15,18). The van der Waals surface area contributed by atoms with Crippen molar-refractivity contribution in [2.45, 2.75) is 30.4 Å². The van der Waals surface area contributed by atoms with E-state index in [1.807, 2.05) is 26.0 Å². The molecule has 2 rings (SSSR count). The largest absolute Gasteiger partial charge is 0.384 e. The van der Waals surface area contributed by atoms with E-state index in [0.29, 0.717) is 11.7 Å². The van der Waals surface area contributed by atoms with Gasteiger partial charge in [0.15, 0.2) is 5.16 Å². The summed E-state index contributed by atoms with van der Waals surface area (Å²) >= 11 is 1.40. The molecule has 0 amide bonds. The monoisotopic (exact) mass is 277 g/mol. The van der Waals surface area contributed by atoms with Gasteiger partial charge in [0.05, 0.1) is 0 Å². The molecule has 19 heavy (non-hydrogen) atoms. The predicted molar refractivity (Wildman–Crippen MR) is 74.8 cm³/mol. The van der Waals surface area contributed by atoms with Gasteiger partial charge in [0.2, 0.25) is 0 Å². The number of amidine groups is 1. The SMILES string of the molecule is CCn1c(Sc2ccc(C(=N)N)c(C)c2)n[nH]c1=O. The second-order valence-electron chi connectivity index (χ2n) is 4.05. The number of nitrogens with two attached hydrogens (primary N) is 1. The zero-order chi connectivity index (χ0) is 14.0. The number of rotatable bonds is 4. The van der Waals surface area contributed by atoms with Gasteiger partial charge in [-0.25, -0.2) is 9.89 Å². The number of nitrogens with zero attached hydrogens (tertiary/aromatic N) is 2. The summed E-state index contributed by atoms with van der Waals surface area (Å²) in [5, 5.41) is 14.5.